The van der Waals surface area contributed by atoms with Crippen LogP contribution in [0.5, 0.6) is 0 Å². The number of pyridine rings is 2. The van der Waals surface area contributed by atoms with Gasteiger partial charge in [-0.1, -0.05) is 6.92 Å². The zero-order chi connectivity index (χ0) is 33.6. The molecule has 4 aliphatic rings. The number of aromatic nitrogens is 2. The fourth-order valence-electron chi connectivity index (χ4n) is 7.67. The van der Waals surface area contributed by atoms with E-state index in [9.17, 15) is 24.3 Å². The highest BCUT2D eigenvalue weighted by molar-refractivity contribution is 5.94. The van der Waals surface area contributed by atoms with Gasteiger partial charge in [0, 0.05) is 35.7 Å². The lowest BCUT2D eigenvalue weighted by molar-refractivity contribution is -0.172. The Labute approximate surface area is 271 Å². The molecule has 1 saturated heterocycles. The van der Waals surface area contributed by atoms with Gasteiger partial charge in [-0.15, -0.1) is 0 Å². The number of carbonyl (C=O) groups is 3. The van der Waals surface area contributed by atoms with Crippen molar-refractivity contribution in [1.82, 2.24) is 19.8 Å². The molecule has 47 heavy (non-hydrogen) atoms. The van der Waals surface area contributed by atoms with E-state index in [0.29, 0.717) is 54.7 Å². The monoisotopic (exact) mass is 646 g/mol. The van der Waals surface area contributed by atoms with Crippen LogP contribution in [-0.2, 0) is 44.2 Å². The fraction of sp³-hybridized carbons (Fsp3) is 0.514. The number of aliphatic hydroxyl groups is 1. The number of halogens is 1. The standard InChI is InChI=1S/C35H39FN4O7/c1-6-35(45)22-12-26-29-20(15-40(26)31(42)21(22)16-46-32(35)43)28-24(10-9-19-17(2)23(36)13-25(37-29)27(19)28)38-30(41)18-8-7-11-39(14-18)33(44)47-34(3,4)5/h12-13,18,24,45H,6-11,14-16H2,1-5H3,(H,38,41)/t18?,24-,35-/m0/s1. The van der Waals surface area contributed by atoms with Gasteiger partial charge in [-0.25, -0.2) is 19.0 Å². The lowest BCUT2D eigenvalue weighted by atomic mass is 9.81. The van der Waals surface area contributed by atoms with Crippen LogP contribution in [0.3, 0.4) is 0 Å². The summed E-state index contributed by atoms with van der Waals surface area (Å²) >= 11 is 0. The number of aryl methyl sites for hydroxylation is 1. The zero-order valence-corrected chi connectivity index (χ0v) is 27.3. The smallest absolute Gasteiger partial charge is 0.410 e. The van der Waals surface area contributed by atoms with Gasteiger partial charge in [0.05, 0.1) is 41.0 Å². The Hall–Kier alpha value is -4.32. The van der Waals surface area contributed by atoms with Crippen LogP contribution in [0.15, 0.2) is 16.9 Å². The lowest BCUT2D eigenvalue weighted by Gasteiger charge is -2.35. The zero-order valence-electron chi connectivity index (χ0n) is 27.3. The lowest BCUT2D eigenvalue weighted by Crippen LogP contribution is -2.47. The van der Waals surface area contributed by atoms with Crippen molar-refractivity contribution in [3.8, 4) is 11.4 Å². The number of hydrogen-bond acceptors (Lipinski definition) is 8. The third kappa shape index (κ3) is 4.90. The fourth-order valence-corrected chi connectivity index (χ4v) is 7.67. The van der Waals surface area contributed by atoms with Crippen molar-refractivity contribution < 1.29 is 33.4 Å². The first kappa shape index (κ1) is 31.3. The predicted molar refractivity (Wildman–Crippen MR) is 169 cm³/mol. The van der Waals surface area contributed by atoms with Gasteiger partial charge in [0.25, 0.3) is 5.56 Å². The molecule has 1 unspecified atom stereocenters. The Morgan fingerprint density at radius 2 is 1.96 bits per heavy atom. The number of rotatable bonds is 3. The van der Waals surface area contributed by atoms with Crippen LogP contribution >= 0.6 is 0 Å². The molecule has 3 aromatic rings. The van der Waals surface area contributed by atoms with Crippen molar-refractivity contribution in [3.05, 3.63) is 61.7 Å². The molecule has 1 aliphatic carbocycles. The van der Waals surface area contributed by atoms with Crippen molar-refractivity contribution in [3.63, 3.8) is 0 Å². The van der Waals surface area contributed by atoms with Crippen LogP contribution in [0.4, 0.5) is 9.18 Å². The summed E-state index contributed by atoms with van der Waals surface area (Å²) in [6, 6.07) is 2.57. The quantitative estimate of drug-likeness (QED) is 0.315. The largest absolute Gasteiger partial charge is 0.458 e. The second-order valence-corrected chi connectivity index (χ2v) is 14.2. The second-order valence-electron chi connectivity index (χ2n) is 14.2. The molecule has 2 N–H and O–H groups in total. The third-order valence-corrected chi connectivity index (χ3v) is 10.1. The molecule has 0 saturated carbocycles. The van der Waals surface area contributed by atoms with E-state index >= 15 is 4.39 Å². The van der Waals surface area contributed by atoms with Crippen LogP contribution in [0, 0.1) is 18.7 Å². The van der Waals surface area contributed by atoms with Crippen LogP contribution in [0.1, 0.15) is 92.8 Å². The number of cyclic esters (lactones) is 1. The van der Waals surface area contributed by atoms with Gasteiger partial charge in [0.2, 0.25) is 5.91 Å². The first-order chi connectivity index (χ1) is 22.2. The van der Waals surface area contributed by atoms with Crippen LogP contribution in [0.2, 0.25) is 0 Å². The molecule has 0 spiro atoms. The minimum Gasteiger partial charge on any atom is -0.458 e. The SMILES string of the molecule is CC[C@@]1(O)C(=O)OCc2c1cc1n(c2=O)Cc2c-1nc1cc(F)c(C)c3c1c2[C@@H](NC(=O)C1CCCN(C(=O)OC(C)(C)C)C1)CC3. The molecule has 0 radical (unpaired) electrons. The number of nitrogens with zero attached hydrogens (tertiary/aromatic N) is 3. The molecule has 5 heterocycles. The average Bonchev–Trinajstić information content (AvgIpc) is 3.40. The summed E-state index contributed by atoms with van der Waals surface area (Å²) in [4.78, 5) is 59.6. The van der Waals surface area contributed by atoms with Crippen molar-refractivity contribution >= 4 is 28.9 Å². The number of piperidine rings is 1. The number of esters is 1. The normalized spacial score (nSPS) is 23.1. The van der Waals surface area contributed by atoms with Gasteiger partial charge in [-0.2, -0.15) is 0 Å². The second kappa shape index (κ2) is 10.9. The van der Waals surface area contributed by atoms with Gasteiger partial charge >= 0.3 is 12.1 Å². The van der Waals surface area contributed by atoms with Gasteiger partial charge < -0.3 is 29.4 Å². The molecule has 12 heteroatoms. The summed E-state index contributed by atoms with van der Waals surface area (Å²) in [6.07, 6.45) is 1.89. The first-order valence-corrected chi connectivity index (χ1v) is 16.3. The Bertz CT molecular complexity index is 1950. The third-order valence-electron chi connectivity index (χ3n) is 10.1. The van der Waals surface area contributed by atoms with Crippen LogP contribution < -0.4 is 10.9 Å². The van der Waals surface area contributed by atoms with E-state index in [1.54, 1.807) is 50.2 Å². The van der Waals surface area contributed by atoms with Gasteiger partial charge in [-0.05, 0) is 82.6 Å². The van der Waals surface area contributed by atoms with Crippen LogP contribution in [0.25, 0.3) is 22.3 Å². The van der Waals surface area contributed by atoms with E-state index in [2.05, 4.69) is 5.32 Å². The van der Waals surface area contributed by atoms with Gasteiger partial charge in [-0.3, -0.25) is 9.59 Å². The molecule has 3 atom stereocenters. The molecule has 2 amide bonds. The Morgan fingerprint density at radius 1 is 1.19 bits per heavy atom. The van der Waals surface area contributed by atoms with Crippen molar-refractivity contribution in [2.45, 2.75) is 97.1 Å². The molecule has 248 valence electrons. The summed E-state index contributed by atoms with van der Waals surface area (Å²) < 4.78 is 27.6. The van der Waals surface area contributed by atoms with Crippen molar-refractivity contribution in [1.29, 1.82) is 0 Å². The minimum atomic E-state index is -1.98. The highest BCUT2D eigenvalue weighted by atomic mass is 19.1. The topological polar surface area (TPSA) is 140 Å². The molecule has 7 rings (SSSR count). The molecular formula is C35H39FN4O7. The number of ether oxygens (including phenoxy) is 2. The maximum atomic E-state index is 15.2. The Kier molecular flexibility index (Phi) is 7.23. The van der Waals surface area contributed by atoms with E-state index < -0.39 is 40.8 Å². The summed E-state index contributed by atoms with van der Waals surface area (Å²) in [5, 5.41) is 15.3. The molecular weight excluding hydrogens is 607 g/mol. The summed E-state index contributed by atoms with van der Waals surface area (Å²) in [6.45, 7) is 9.47. The average molecular weight is 647 g/mol. The summed E-state index contributed by atoms with van der Waals surface area (Å²) in [5.41, 5.74) is 1.55. The number of carbonyl (C=O) groups excluding carboxylic acids is 3. The molecule has 1 fully saturated rings. The molecule has 3 aliphatic heterocycles. The number of benzene rings is 1. The minimum absolute atomic E-state index is 0.0134. The predicted octanol–water partition coefficient (Wildman–Crippen LogP) is 4.28. The molecule has 2 aromatic heterocycles. The summed E-state index contributed by atoms with van der Waals surface area (Å²) in [5.74, 6) is -1.82. The van der Waals surface area contributed by atoms with Gasteiger partial charge in [0.15, 0.2) is 5.60 Å². The number of likely N-dealkylation sites (tertiary alicyclic amines) is 1. The van der Waals surface area contributed by atoms with Crippen molar-refractivity contribution in [2.75, 3.05) is 13.1 Å². The van der Waals surface area contributed by atoms with E-state index in [-0.39, 0.29) is 49.0 Å². The van der Waals surface area contributed by atoms with Crippen LogP contribution in [-0.4, -0.2) is 56.2 Å². The first-order valence-electron chi connectivity index (χ1n) is 16.3. The maximum absolute atomic E-state index is 15.2. The maximum Gasteiger partial charge on any atom is 0.410 e. The number of fused-ring (bicyclic) bond motifs is 5. The molecule has 0 bridgehead atoms. The number of amides is 2. The highest BCUT2D eigenvalue weighted by Crippen LogP contribution is 2.46. The van der Waals surface area contributed by atoms with E-state index in [1.807, 2.05) is 0 Å². The van der Waals surface area contributed by atoms with Gasteiger partial charge in [0.1, 0.15) is 18.0 Å². The number of hydrogen-bond donors (Lipinski definition) is 2. The Balaban J connectivity index is 1.30. The van der Waals surface area contributed by atoms with E-state index in [1.165, 1.54) is 6.07 Å². The summed E-state index contributed by atoms with van der Waals surface area (Å²) in [7, 11) is 0. The van der Waals surface area contributed by atoms with Crippen molar-refractivity contribution in [2.24, 2.45) is 5.92 Å². The molecule has 1 aromatic carbocycles. The highest BCUT2D eigenvalue weighted by Gasteiger charge is 2.46. The molecule has 11 nitrogen and oxygen atoms in total. The Morgan fingerprint density at radius 3 is 2.68 bits per heavy atom. The van der Waals surface area contributed by atoms with E-state index in [4.69, 9.17) is 14.5 Å². The number of nitrogens with one attached hydrogen (secondary N) is 1. The van der Waals surface area contributed by atoms with E-state index in [0.717, 1.165) is 22.1 Å².